The molecule has 0 N–H and O–H groups in total. The fourth-order valence-electron chi connectivity index (χ4n) is 4.44. The molecule has 2 fully saturated rings. The van der Waals surface area contributed by atoms with E-state index >= 15 is 0 Å². The quantitative estimate of drug-likeness (QED) is 0.736. The first-order valence-corrected chi connectivity index (χ1v) is 9.79. The van der Waals surface area contributed by atoms with Gasteiger partial charge in [-0.05, 0) is 37.8 Å². The number of para-hydroxylation sites is 1. The molecule has 117 valence electrons. The average molecular weight is 313 g/mol. The Morgan fingerprint density at radius 2 is 1.55 bits per heavy atom. The second-order valence-corrected chi connectivity index (χ2v) is 7.75. The van der Waals surface area contributed by atoms with E-state index in [0.29, 0.717) is 0 Å². The number of rotatable bonds is 3. The van der Waals surface area contributed by atoms with Gasteiger partial charge >= 0.3 is 0 Å². The second kappa shape index (κ2) is 6.57. The molecule has 0 spiro atoms. The SMILES string of the molecule is [c]1nc2c(N(C3CCCCC3)C3CCCCC3)cccc2s1. The third-order valence-corrected chi connectivity index (χ3v) is 6.24. The Hall–Kier alpha value is -1.09. The van der Waals surface area contributed by atoms with Crippen molar-refractivity contribution in [1.29, 1.82) is 0 Å². The molecule has 0 saturated heterocycles. The lowest BCUT2D eigenvalue weighted by molar-refractivity contribution is 0.340. The zero-order valence-corrected chi connectivity index (χ0v) is 14.1. The van der Waals surface area contributed by atoms with E-state index in [-0.39, 0.29) is 0 Å². The van der Waals surface area contributed by atoms with E-state index in [1.54, 1.807) is 11.3 Å². The van der Waals surface area contributed by atoms with Crippen LogP contribution in [0.25, 0.3) is 10.2 Å². The molecule has 0 bridgehead atoms. The Morgan fingerprint density at radius 1 is 0.909 bits per heavy atom. The van der Waals surface area contributed by atoms with Crippen LogP contribution in [0, 0.1) is 5.51 Å². The molecule has 1 radical (unpaired) electrons. The Balaban J connectivity index is 1.73. The lowest BCUT2D eigenvalue weighted by Crippen LogP contribution is -2.45. The maximum atomic E-state index is 4.58. The molecule has 4 rings (SSSR count). The number of hydrogen-bond acceptors (Lipinski definition) is 3. The van der Waals surface area contributed by atoms with E-state index in [0.717, 1.165) is 12.1 Å². The summed E-state index contributed by atoms with van der Waals surface area (Å²) in [5.74, 6) is 0. The summed E-state index contributed by atoms with van der Waals surface area (Å²) in [7, 11) is 0. The van der Waals surface area contributed by atoms with Gasteiger partial charge in [-0.15, -0.1) is 11.3 Å². The van der Waals surface area contributed by atoms with Crippen LogP contribution in [0.5, 0.6) is 0 Å². The first-order chi connectivity index (χ1) is 10.9. The van der Waals surface area contributed by atoms with Gasteiger partial charge in [0.1, 0.15) is 5.52 Å². The molecule has 0 atom stereocenters. The highest BCUT2D eigenvalue weighted by molar-refractivity contribution is 7.16. The topological polar surface area (TPSA) is 16.1 Å². The molecule has 0 unspecified atom stereocenters. The smallest absolute Gasteiger partial charge is 0.153 e. The number of aromatic nitrogens is 1. The molecule has 0 aliphatic heterocycles. The van der Waals surface area contributed by atoms with Crippen molar-refractivity contribution in [3.8, 4) is 0 Å². The minimum absolute atomic E-state index is 0.726. The van der Waals surface area contributed by atoms with Gasteiger partial charge in [0.2, 0.25) is 0 Å². The maximum Gasteiger partial charge on any atom is 0.153 e. The van der Waals surface area contributed by atoms with E-state index in [4.69, 9.17) is 0 Å². The van der Waals surface area contributed by atoms with Crippen LogP contribution >= 0.6 is 11.3 Å². The number of nitrogens with zero attached hydrogens (tertiary/aromatic N) is 2. The van der Waals surface area contributed by atoms with Crippen molar-refractivity contribution in [2.45, 2.75) is 76.3 Å². The normalized spacial score (nSPS) is 21.3. The zero-order chi connectivity index (χ0) is 14.8. The Kier molecular flexibility index (Phi) is 4.33. The average Bonchev–Trinajstić information content (AvgIpc) is 3.07. The first kappa shape index (κ1) is 14.5. The van der Waals surface area contributed by atoms with Gasteiger partial charge < -0.3 is 4.90 Å². The molecular weight excluding hydrogens is 288 g/mol. The van der Waals surface area contributed by atoms with Crippen LogP contribution < -0.4 is 4.90 Å². The fraction of sp³-hybridized carbons (Fsp3) is 0.632. The van der Waals surface area contributed by atoms with Crippen molar-refractivity contribution in [1.82, 2.24) is 4.98 Å². The van der Waals surface area contributed by atoms with E-state index in [1.165, 1.54) is 80.1 Å². The molecule has 1 heterocycles. The van der Waals surface area contributed by atoms with Crippen LogP contribution in [-0.4, -0.2) is 17.1 Å². The summed E-state index contributed by atoms with van der Waals surface area (Å²) in [6.07, 6.45) is 13.9. The largest absolute Gasteiger partial charge is 0.364 e. The summed E-state index contributed by atoms with van der Waals surface area (Å²) in [6.45, 7) is 0. The van der Waals surface area contributed by atoms with Crippen LogP contribution in [0.15, 0.2) is 18.2 Å². The number of hydrogen-bond donors (Lipinski definition) is 0. The van der Waals surface area contributed by atoms with Crippen LogP contribution in [0.4, 0.5) is 5.69 Å². The highest BCUT2D eigenvalue weighted by Gasteiger charge is 2.30. The fourth-order valence-corrected chi connectivity index (χ4v) is 5.07. The minimum atomic E-state index is 0.726. The molecule has 1 aromatic carbocycles. The van der Waals surface area contributed by atoms with Gasteiger partial charge in [0.05, 0.1) is 10.4 Å². The molecule has 2 aliphatic rings. The van der Waals surface area contributed by atoms with E-state index in [9.17, 15) is 0 Å². The van der Waals surface area contributed by atoms with Gasteiger partial charge in [0.15, 0.2) is 5.51 Å². The van der Waals surface area contributed by atoms with Crippen LogP contribution in [-0.2, 0) is 0 Å². The standard InChI is InChI=1S/C19H25N2S/c1-3-8-15(9-4-1)21(16-10-5-2-6-11-16)17-12-7-13-18-19(17)20-14-22-18/h7,12-13,15-16H,1-6,8-11H2. The summed E-state index contributed by atoms with van der Waals surface area (Å²) in [5.41, 5.74) is 5.67. The number of anilines is 1. The van der Waals surface area contributed by atoms with Crippen molar-refractivity contribution in [2.24, 2.45) is 0 Å². The van der Waals surface area contributed by atoms with Crippen LogP contribution in [0.2, 0.25) is 0 Å². The summed E-state index contributed by atoms with van der Waals surface area (Å²) >= 11 is 1.65. The summed E-state index contributed by atoms with van der Waals surface area (Å²) in [5, 5.41) is 0. The van der Waals surface area contributed by atoms with Crippen molar-refractivity contribution in [2.75, 3.05) is 4.90 Å². The van der Waals surface area contributed by atoms with Crippen molar-refractivity contribution in [3.63, 3.8) is 0 Å². The molecule has 22 heavy (non-hydrogen) atoms. The lowest BCUT2D eigenvalue weighted by atomic mass is 9.88. The molecule has 3 heteroatoms. The van der Waals surface area contributed by atoms with Gasteiger partial charge in [-0.1, -0.05) is 44.6 Å². The Morgan fingerprint density at radius 3 is 2.18 bits per heavy atom. The van der Waals surface area contributed by atoms with Crippen LogP contribution in [0.1, 0.15) is 64.2 Å². The highest BCUT2D eigenvalue weighted by atomic mass is 32.1. The third-order valence-electron chi connectivity index (χ3n) is 5.51. The van der Waals surface area contributed by atoms with Gasteiger partial charge in [-0.25, -0.2) is 4.98 Å². The Bertz CT molecular complexity index is 591. The van der Waals surface area contributed by atoms with Gasteiger partial charge in [-0.3, -0.25) is 0 Å². The molecule has 0 amide bonds. The molecular formula is C19H25N2S. The second-order valence-electron chi connectivity index (χ2n) is 6.92. The van der Waals surface area contributed by atoms with Crippen LogP contribution in [0.3, 0.4) is 0 Å². The summed E-state index contributed by atoms with van der Waals surface area (Å²) in [4.78, 5) is 7.37. The first-order valence-electron chi connectivity index (χ1n) is 8.97. The third kappa shape index (κ3) is 2.76. The van der Waals surface area contributed by atoms with Gasteiger partial charge in [0.25, 0.3) is 0 Å². The molecule has 2 saturated carbocycles. The molecule has 2 aliphatic carbocycles. The number of thiazole rings is 1. The lowest BCUT2D eigenvalue weighted by Gasteiger charge is -2.43. The van der Waals surface area contributed by atoms with E-state index in [1.807, 2.05) is 0 Å². The summed E-state index contributed by atoms with van der Waals surface area (Å²) in [6, 6.07) is 8.15. The summed E-state index contributed by atoms with van der Waals surface area (Å²) < 4.78 is 1.29. The predicted octanol–water partition coefficient (Wildman–Crippen LogP) is 5.57. The molecule has 1 aromatic heterocycles. The zero-order valence-electron chi connectivity index (χ0n) is 13.3. The molecule has 2 nitrogen and oxygen atoms in total. The maximum absolute atomic E-state index is 4.58. The number of benzene rings is 1. The molecule has 2 aromatic rings. The van der Waals surface area contributed by atoms with Crippen molar-refractivity contribution >= 4 is 27.2 Å². The van der Waals surface area contributed by atoms with Gasteiger partial charge in [0, 0.05) is 12.1 Å². The van der Waals surface area contributed by atoms with Gasteiger partial charge in [-0.2, -0.15) is 0 Å². The monoisotopic (exact) mass is 313 g/mol. The highest BCUT2D eigenvalue weighted by Crippen LogP contribution is 2.37. The minimum Gasteiger partial charge on any atom is -0.364 e. The predicted molar refractivity (Wildman–Crippen MR) is 94.7 cm³/mol. The number of fused-ring (bicyclic) bond motifs is 1. The van der Waals surface area contributed by atoms with E-state index in [2.05, 4.69) is 33.6 Å². The Labute approximate surface area is 137 Å². The van der Waals surface area contributed by atoms with Crippen molar-refractivity contribution < 1.29 is 0 Å². The van der Waals surface area contributed by atoms with Crippen molar-refractivity contribution in [3.05, 3.63) is 23.7 Å². The van der Waals surface area contributed by atoms with E-state index < -0.39 is 0 Å².